The van der Waals surface area contributed by atoms with E-state index in [0.717, 1.165) is 11.3 Å². The van der Waals surface area contributed by atoms with Gasteiger partial charge < -0.3 is 9.73 Å². The smallest absolute Gasteiger partial charge is 0.153 e. The van der Waals surface area contributed by atoms with E-state index in [-0.39, 0.29) is 6.04 Å². The van der Waals surface area contributed by atoms with Crippen molar-refractivity contribution >= 4 is 9.84 Å². The third-order valence-electron chi connectivity index (χ3n) is 3.70. The minimum absolute atomic E-state index is 0.165. The van der Waals surface area contributed by atoms with Gasteiger partial charge in [-0.2, -0.15) is 0 Å². The van der Waals surface area contributed by atoms with Gasteiger partial charge >= 0.3 is 0 Å². The maximum Gasteiger partial charge on any atom is 0.153 e. The fourth-order valence-corrected chi connectivity index (χ4v) is 2.31. The Bertz CT molecular complexity index is 661. The molecule has 1 aromatic heterocycles. The van der Waals surface area contributed by atoms with Crippen LogP contribution in [0.1, 0.15) is 31.2 Å². The van der Waals surface area contributed by atoms with Crippen LogP contribution in [0.4, 0.5) is 0 Å². The van der Waals surface area contributed by atoms with Gasteiger partial charge in [-0.25, -0.2) is 8.42 Å². The largest absolute Gasteiger partial charge is 0.467 e. The van der Waals surface area contributed by atoms with Crippen LogP contribution in [0, 0.1) is 0 Å². The van der Waals surface area contributed by atoms with E-state index in [0.29, 0.717) is 6.54 Å². The second-order valence-electron chi connectivity index (χ2n) is 5.77. The van der Waals surface area contributed by atoms with Crippen molar-refractivity contribution in [3.8, 4) is 0 Å². The monoisotopic (exact) mass is 307 g/mol. The SMILES string of the molecule is CC(C)(CNC(c1ccccc1)c1ccco1)S(C)(=O)=O. The highest BCUT2D eigenvalue weighted by molar-refractivity contribution is 7.92. The Morgan fingerprint density at radius 3 is 2.33 bits per heavy atom. The molecular weight excluding hydrogens is 286 g/mol. The van der Waals surface area contributed by atoms with Gasteiger partial charge in [0.15, 0.2) is 9.84 Å². The Balaban J connectivity index is 2.23. The minimum Gasteiger partial charge on any atom is -0.467 e. The minimum atomic E-state index is -3.14. The Morgan fingerprint density at radius 2 is 1.81 bits per heavy atom. The van der Waals surface area contributed by atoms with Crippen LogP contribution in [0.15, 0.2) is 53.1 Å². The molecule has 2 rings (SSSR count). The Labute approximate surface area is 126 Å². The molecule has 0 fully saturated rings. The van der Waals surface area contributed by atoms with Crippen molar-refractivity contribution in [3.63, 3.8) is 0 Å². The first-order valence-corrected chi connectivity index (χ1v) is 8.72. The molecule has 0 radical (unpaired) electrons. The zero-order chi connectivity index (χ0) is 15.5. The predicted octanol–water partition coefficient (Wildman–Crippen LogP) is 2.78. The summed E-state index contributed by atoms with van der Waals surface area (Å²) in [5.41, 5.74) is 1.04. The summed E-state index contributed by atoms with van der Waals surface area (Å²) in [6.07, 6.45) is 2.88. The third kappa shape index (κ3) is 3.74. The summed E-state index contributed by atoms with van der Waals surface area (Å²) in [5, 5.41) is 3.31. The van der Waals surface area contributed by atoms with Crippen molar-refractivity contribution < 1.29 is 12.8 Å². The quantitative estimate of drug-likeness (QED) is 0.891. The molecule has 1 atom stereocenters. The van der Waals surface area contributed by atoms with Crippen LogP contribution in [-0.4, -0.2) is 26.0 Å². The van der Waals surface area contributed by atoms with Gasteiger partial charge in [0, 0.05) is 12.8 Å². The molecule has 0 saturated carbocycles. The summed E-state index contributed by atoms with van der Waals surface area (Å²) < 4.78 is 28.3. The molecule has 4 nitrogen and oxygen atoms in total. The van der Waals surface area contributed by atoms with E-state index in [1.165, 1.54) is 6.26 Å². The molecule has 0 aliphatic rings. The third-order valence-corrected chi connectivity index (χ3v) is 5.85. The van der Waals surface area contributed by atoms with E-state index in [4.69, 9.17) is 4.42 Å². The van der Waals surface area contributed by atoms with Crippen molar-refractivity contribution in [1.82, 2.24) is 5.32 Å². The molecule has 21 heavy (non-hydrogen) atoms. The number of rotatable bonds is 6. The topological polar surface area (TPSA) is 59.3 Å². The molecule has 2 aromatic rings. The van der Waals surface area contributed by atoms with E-state index in [1.54, 1.807) is 20.1 Å². The van der Waals surface area contributed by atoms with Crippen molar-refractivity contribution in [2.45, 2.75) is 24.6 Å². The maximum atomic E-state index is 11.8. The predicted molar refractivity (Wildman–Crippen MR) is 83.9 cm³/mol. The number of hydrogen-bond acceptors (Lipinski definition) is 4. The molecule has 1 unspecified atom stereocenters. The molecule has 1 heterocycles. The van der Waals surface area contributed by atoms with Crippen LogP contribution < -0.4 is 5.32 Å². The normalized spacial score (nSPS) is 14.0. The van der Waals surface area contributed by atoms with E-state index in [9.17, 15) is 8.42 Å². The van der Waals surface area contributed by atoms with Crippen LogP contribution in [0.25, 0.3) is 0 Å². The van der Waals surface area contributed by atoms with Gasteiger partial charge in [0.25, 0.3) is 0 Å². The first-order chi connectivity index (χ1) is 9.81. The van der Waals surface area contributed by atoms with Crippen LogP contribution >= 0.6 is 0 Å². The lowest BCUT2D eigenvalue weighted by Crippen LogP contribution is -2.43. The average molecular weight is 307 g/mol. The number of hydrogen-bond donors (Lipinski definition) is 1. The van der Waals surface area contributed by atoms with Crippen LogP contribution in [0.2, 0.25) is 0 Å². The number of sulfone groups is 1. The highest BCUT2D eigenvalue weighted by Gasteiger charge is 2.31. The van der Waals surface area contributed by atoms with E-state index in [2.05, 4.69) is 5.32 Å². The molecule has 0 aliphatic carbocycles. The second-order valence-corrected chi connectivity index (χ2v) is 8.42. The average Bonchev–Trinajstić information content (AvgIpc) is 2.93. The van der Waals surface area contributed by atoms with Gasteiger partial charge in [0.1, 0.15) is 5.76 Å². The highest BCUT2D eigenvalue weighted by Crippen LogP contribution is 2.24. The van der Waals surface area contributed by atoms with Crippen molar-refractivity contribution in [2.75, 3.05) is 12.8 Å². The van der Waals surface area contributed by atoms with Crippen molar-refractivity contribution in [1.29, 1.82) is 0 Å². The fraction of sp³-hybridized carbons (Fsp3) is 0.375. The molecule has 1 aromatic carbocycles. The Kier molecular flexibility index (Phi) is 4.54. The molecule has 0 bridgehead atoms. The van der Waals surface area contributed by atoms with Crippen molar-refractivity contribution in [3.05, 3.63) is 60.1 Å². The van der Waals surface area contributed by atoms with Gasteiger partial charge in [-0.1, -0.05) is 30.3 Å². The number of furan rings is 1. The zero-order valence-corrected chi connectivity index (χ0v) is 13.4. The van der Waals surface area contributed by atoms with Crippen LogP contribution in [-0.2, 0) is 9.84 Å². The summed E-state index contributed by atoms with van der Waals surface area (Å²) in [6, 6.07) is 13.4. The summed E-state index contributed by atoms with van der Waals surface area (Å²) in [6.45, 7) is 3.78. The lowest BCUT2D eigenvalue weighted by molar-refractivity contribution is 0.428. The molecule has 0 saturated heterocycles. The molecule has 114 valence electrons. The van der Waals surface area contributed by atoms with E-state index >= 15 is 0 Å². The van der Waals surface area contributed by atoms with Gasteiger partial charge in [-0.15, -0.1) is 0 Å². The zero-order valence-electron chi connectivity index (χ0n) is 12.5. The summed E-state index contributed by atoms with van der Waals surface area (Å²) in [5.74, 6) is 0.769. The van der Waals surface area contributed by atoms with Crippen LogP contribution in [0.3, 0.4) is 0 Å². The Hall–Kier alpha value is -1.59. The number of benzene rings is 1. The van der Waals surface area contributed by atoms with E-state index < -0.39 is 14.6 Å². The summed E-state index contributed by atoms with van der Waals surface area (Å²) in [7, 11) is -3.14. The first-order valence-electron chi connectivity index (χ1n) is 6.82. The van der Waals surface area contributed by atoms with Gasteiger partial charge in [-0.05, 0) is 31.5 Å². The standard InChI is InChI=1S/C16H21NO3S/c1-16(2,21(3,18)19)12-17-15(14-10-7-11-20-14)13-8-5-4-6-9-13/h4-11,15,17H,12H2,1-3H3. The molecular formula is C16H21NO3S. The van der Waals surface area contributed by atoms with Gasteiger partial charge in [-0.3, -0.25) is 0 Å². The highest BCUT2D eigenvalue weighted by atomic mass is 32.2. The van der Waals surface area contributed by atoms with Gasteiger partial charge in [0.2, 0.25) is 0 Å². The number of nitrogens with one attached hydrogen (secondary N) is 1. The first kappa shape index (κ1) is 15.8. The lowest BCUT2D eigenvalue weighted by atomic mass is 10.0. The fourth-order valence-electron chi connectivity index (χ4n) is 1.96. The van der Waals surface area contributed by atoms with Crippen molar-refractivity contribution in [2.24, 2.45) is 0 Å². The summed E-state index contributed by atoms with van der Waals surface area (Å²) in [4.78, 5) is 0. The van der Waals surface area contributed by atoms with E-state index in [1.807, 2.05) is 42.5 Å². The molecule has 0 spiro atoms. The maximum absolute atomic E-state index is 11.8. The van der Waals surface area contributed by atoms with Gasteiger partial charge in [0.05, 0.1) is 17.1 Å². The molecule has 0 aliphatic heterocycles. The second kappa shape index (κ2) is 6.03. The van der Waals surface area contributed by atoms with Crippen LogP contribution in [0.5, 0.6) is 0 Å². The lowest BCUT2D eigenvalue weighted by Gasteiger charge is -2.26. The molecule has 0 amide bonds. The molecule has 5 heteroatoms. The summed E-state index contributed by atoms with van der Waals surface area (Å²) >= 11 is 0. The molecule has 1 N–H and O–H groups in total. The Morgan fingerprint density at radius 1 is 1.14 bits per heavy atom.